The summed E-state index contributed by atoms with van der Waals surface area (Å²) >= 11 is 0. The van der Waals surface area contributed by atoms with Crippen LogP contribution in [-0.4, -0.2) is 16.5 Å². The molecule has 10 heavy (non-hydrogen) atoms. The monoisotopic (exact) mass is 143 g/mol. The van der Waals surface area contributed by atoms with E-state index in [9.17, 15) is 5.21 Å². The van der Waals surface area contributed by atoms with Crippen LogP contribution in [0.4, 0.5) is 0 Å². The Morgan fingerprint density at radius 1 is 1.30 bits per heavy atom. The van der Waals surface area contributed by atoms with Gasteiger partial charge in [-0.25, -0.2) is 4.74 Å². The first kappa shape index (κ1) is 9.47. The first-order chi connectivity index (χ1) is 4.34. The molecular formula is C8H17NO. The molecule has 0 aromatic heterocycles. The Bertz CT molecular complexity index is 131. The van der Waals surface area contributed by atoms with Gasteiger partial charge in [0.1, 0.15) is 0 Å². The summed E-state index contributed by atoms with van der Waals surface area (Å²) in [6, 6.07) is 0. The molecule has 0 rings (SSSR count). The van der Waals surface area contributed by atoms with Gasteiger partial charge in [0, 0.05) is 26.7 Å². The van der Waals surface area contributed by atoms with Crippen molar-refractivity contribution in [2.45, 2.75) is 40.2 Å². The van der Waals surface area contributed by atoms with Crippen LogP contribution in [-0.2, 0) is 0 Å². The highest BCUT2D eigenvalue weighted by atomic mass is 16.5. The molecule has 0 aliphatic carbocycles. The van der Waals surface area contributed by atoms with E-state index in [1.54, 1.807) is 6.21 Å². The van der Waals surface area contributed by atoms with E-state index in [4.69, 9.17) is 0 Å². The molecule has 0 atom stereocenters. The fourth-order valence-corrected chi connectivity index (χ4v) is 0.494. The van der Waals surface area contributed by atoms with Gasteiger partial charge in [0.05, 0.1) is 0 Å². The third-order valence-electron chi connectivity index (χ3n) is 1.09. The van der Waals surface area contributed by atoms with Crippen molar-refractivity contribution in [1.82, 2.24) is 0 Å². The van der Waals surface area contributed by atoms with Gasteiger partial charge >= 0.3 is 0 Å². The highest BCUT2D eigenvalue weighted by Gasteiger charge is 2.17. The zero-order valence-electron chi connectivity index (χ0n) is 7.51. The van der Waals surface area contributed by atoms with Crippen molar-refractivity contribution in [3.8, 4) is 0 Å². The smallest absolute Gasteiger partial charge is 0.164 e. The van der Waals surface area contributed by atoms with E-state index in [2.05, 4.69) is 0 Å². The molecule has 0 N–H and O–H groups in total. The number of hydrogen-bond acceptors (Lipinski definition) is 1. The molecule has 0 amide bonds. The molecule has 0 unspecified atom stereocenters. The van der Waals surface area contributed by atoms with Gasteiger partial charge < -0.3 is 5.21 Å². The average Bonchev–Trinajstić information content (AvgIpc) is 1.60. The molecule has 0 heterocycles. The van der Waals surface area contributed by atoms with E-state index in [0.717, 1.165) is 4.74 Å². The Morgan fingerprint density at radius 2 is 1.70 bits per heavy atom. The van der Waals surface area contributed by atoms with E-state index in [1.807, 2.05) is 34.6 Å². The van der Waals surface area contributed by atoms with E-state index in [0.29, 0.717) is 5.92 Å². The number of nitrogens with zero attached hydrogens (tertiary/aromatic N) is 1. The zero-order valence-corrected chi connectivity index (χ0v) is 7.51. The van der Waals surface area contributed by atoms with Crippen molar-refractivity contribution in [3.05, 3.63) is 5.21 Å². The molecule has 0 aromatic rings. The molecule has 0 spiro atoms. The SMILES string of the molecule is CC(C)/C=[N+](/[O-])C(C)(C)C. The predicted molar refractivity (Wildman–Crippen MR) is 44.3 cm³/mol. The van der Waals surface area contributed by atoms with Gasteiger partial charge in [-0.3, -0.25) is 0 Å². The summed E-state index contributed by atoms with van der Waals surface area (Å²) in [5.41, 5.74) is -0.287. The minimum atomic E-state index is -0.287. The first-order valence-corrected chi connectivity index (χ1v) is 3.65. The van der Waals surface area contributed by atoms with Gasteiger partial charge in [0.2, 0.25) is 0 Å². The summed E-state index contributed by atoms with van der Waals surface area (Å²) in [4.78, 5) is 0. The third-order valence-corrected chi connectivity index (χ3v) is 1.09. The summed E-state index contributed by atoms with van der Waals surface area (Å²) in [5, 5.41) is 11.1. The predicted octanol–water partition coefficient (Wildman–Crippen LogP) is 2.02. The summed E-state index contributed by atoms with van der Waals surface area (Å²) in [6.07, 6.45) is 1.69. The van der Waals surface area contributed by atoms with Crippen LogP contribution in [0.1, 0.15) is 34.6 Å². The fourth-order valence-electron chi connectivity index (χ4n) is 0.494. The lowest BCUT2D eigenvalue weighted by atomic mass is 10.1. The van der Waals surface area contributed by atoms with E-state index in [1.165, 1.54) is 0 Å². The summed E-state index contributed by atoms with van der Waals surface area (Å²) in [5.74, 6) is 0.330. The van der Waals surface area contributed by atoms with Gasteiger partial charge in [-0.05, 0) is 0 Å². The van der Waals surface area contributed by atoms with Crippen molar-refractivity contribution in [2.75, 3.05) is 0 Å². The van der Waals surface area contributed by atoms with Gasteiger partial charge in [0.15, 0.2) is 11.8 Å². The molecule has 0 saturated carbocycles. The largest absolute Gasteiger partial charge is 0.624 e. The van der Waals surface area contributed by atoms with Crippen LogP contribution in [0.25, 0.3) is 0 Å². The van der Waals surface area contributed by atoms with Crippen molar-refractivity contribution >= 4 is 6.21 Å². The van der Waals surface area contributed by atoms with Gasteiger partial charge in [0.25, 0.3) is 0 Å². The zero-order chi connectivity index (χ0) is 8.36. The van der Waals surface area contributed by atoms with Crippen LogP contribution in [0.15, 0.2) is 0 Å². The summed E-state index contributed by atoms with van der Waals surface area (Å²) in [7, 11) is 0. The molecule has 0 saturated heterocycles. The first-order valence-electron chi connectivity index (χ1n) is 3.65. The van der Waals surface area contributed by atoms with Crippen LogP contribution in [0, 0.1) is 11.1 Å². The second kappa shape index (κ2) is 3.04. The Morgan fingerprint density at radius 3 is 1.80 bits per heavy atom. The molecule has 0 aliphatic heterocycles. The van der Waals surface area contributed by atoms with Crippen LogP contribution in [0.3, 0.4) is 0 Å². The summed E-state index contributed by atoms with van der Waals surface area (Å²) < 4.78 is 1.01. The highest BCUT2D eigenvalue weighted by Crippen LogP contribution is 2.05. The van der Waals surface area contributed by atoms with Crippen LogP contribution >= 0.6 is 0 Å². The molecule has 0 bridgehead atoms. The average molecular weight is 143 g/mol. The molecule has 0 aromatic carbocycles. The normalized spacial score (nSPS) is 14.4. The van der Waals surface area contributed by atoms with Crippen molar-refractivity contribution in [2.24, 2.45) is 5.92 Å². The molecular weight excluding hydrogens is 126 g/mol. The standard InChI is InChI=1S/C8H17NO/c1-7(2)6-9(10)8(3,4)5/h6-7H,1-5H3/b9-6+. The maximum Gasteiger partial charge on any atom is 0.164 e. The van der Waals surface area contributed by atoms with E-state index >= 15 is 0 Å². The fraction of sp³-hybridized carbons (Fsp3) is 0.875. The minimum Gasteiger partial charge on any atom is -0.624 e. The number of hydroxylamine groups is 1. The number of rotatable bonds is 1. The molecule has 0 aliphatic rings. The quantitative estimate of drug-likeness (QED) is 0.239. The molecule has 0 fully saturated rings. The molecule has 0 radical (unpaired) electrons. The van der Waals surface area contributed by atoms with Crippen LogP contribution in [0.5, 0.6) is 0 Å². The lowest BCUT2D eigenvalue weighted by molar-refractivity contribution is -0.532. The van der Waals surface area contributed by atoms with Gasteiger partial charge in [-0.15, -0.1) is 0 Å². The van der Waals surface area contributed by atoms with Crippen LogP contribution in [0.2, 0.25) is 0 Å². The number of hydrogen-bond donors (Lipinski definition) is 0. The third kappa shape index (κ3) is 3.49. The second-order valence-electron chi connectivity index (χ2n) is 3.89. The molecule has 60 valence electrons. The topological polar surface area (TPSA) is 26.1 Å². The van der Waals surface area contributed by atoms with Crippen molar-refractivity contribution in [1.29, 1.82) is 0 Å². The van der Waals surface area contributed by atoms with E-state index in [-0.39, 0.29) is 5.54 Å². The maximum atomic E-state index is 11.1. The summed E-state index contributed by atoms with van der Waals surface area (Å²) in [6.45, 7) is 9.70. The van der Waals surface area contributed by atoms with Crippen LogP contribution < -0.4 is 0 Å². The Hall–Kier alpha value is -0.530. The van der Waals surface area contributed by atoms with Gasteiger partial charge in [-0.2, -0.15) is 0 Å². The Labute approximate surface area is 63.1 Å². The van der Waals surface area contributed by atoms with Crippen molar-refractivity contribution < 1.29 is 4.74 Å². The molecule has 2 heteroatoms. The van der Waals surface area contributed by atoms with Crippen molar-refractivity contribution in [3.63, 3.8) is 0 Å². The van der Waals surface area contributed by atoms with Gasteiger partial charge in [-0.1, -0.05) is 13.8 Å². The maximum absolute atomic E-state index is 11.1. The second-order valence-corrected chi connectivity index (χ2v) is 3.89. The highest BCUT2D eigenvalue weighted by molar-refractivity contribution is 5.54. The van der Waals surface area contributed by atoms with E-state index < -0.39 is 0 Å². The lowest BCUT2D eigenvalue weighted by Gasteiger charge is -2.19. The Balaban J connectivity index is 4.20. The molecule has 2 nitrogen and oxygen atoms in total. The Kier molecular flexibility index (Phi) is 2.88. The lowest BCUT2D eigenvalue weighted by Crippen LogP contribution is -2.30. The minimum absolute atomic E-state index is 0.287.